The number of nitrogens with zero attached hydrogens (tertiary/aromatic N) is 2. The second kappa shape index (κ2) is 1.26. The van der Waals surface area contributed by atoms with Gasteiger partial charge in [-0.25, -0.2) is 0 Å². The summed E-state index contributed by atoms with van der Waals surface area (Å²) >= 11 is 0. The van der Waals surface area contributed by atoms with Gasteiger partial charge in [-0.05, 0) is 6.92 Å². The topological polar surface area (TPSA) is 48.6 Å². The Balaban J connectivity index is 2.88. The first-order valence-electron chi connectivity index (χ1n) is 1.97. The van der Waals surface area contributed by atoms with Gasteiger partial charge in [0.2, 0.25) is 0 Å². The first kappa shape index (κ1) is 4.18. The number of allylic oxidation sites excluding steroid dienone is 1. The predicted octanol–water partition coefficient (Wildman–Crippen LogP) is 1.33. The number of nitrogens with one attached hydrogen (secondary N) is 1. The number of azo groups is 1. The van der Waals surface area contributed by atoms with Crippen molar-refractivity contribution in [2.75, 3.05) is 0 Å². The summed E-state index contributed by atoms with van der Waals surface area (Å²) in [6.45, 7) is 1.81. The molecule has 0 bridgehead atoms. The van der Waals surface area contributed by atoms with Gasteiger partial charge >= 0.3 is 0 Å². The Morgan fingerprint density at radius 1 is 1.57 bits per heavy atom. The molecule has 0 amide bonds. The summed E-state index contributed by atoms with van der Waals surface area (Å²) in [7, 11) is 0. The van der Waals surface area contributed by atoms with Crippen molar-refractivity contribution in [1.29, 1.82) is 5.41 Å². The van der Waals surface area contributed by atoms with Crippen LogP contribution in [0.5, 0.6) is 0 Å². The van der Waals surface area contributed by atoms with E-state index in [2.05, 4.69) is 10.2 Å². The van der Waals surface area contributed by atoms with Gasteiger partial charge in [-0.2, -0.15) is 5.11 Å². The molecule has 0 saturated heterocycles. The van der Waals surface area contributed by atoms with Crippen molar-refractivity contribution >= 4 is 5.84 Å². The van der Waals surface area contributed by atoms with Gasteiger partial charge < -0.3 is 0 Å². The van der Waals surface area contributed by atoms with Crippen LogP contribution in [0.1, 0.15) is 6.92 Å². The standard InChI is InChI=1S/C4H5N3/c1-3-2-4(5)7-6-3/h2,5H,1H3. The average molecular weight is 95.1 g/mol. The molecule has 7 heavy (non-hydrogen) atoms. The van der Waals surface area contributed by atoms with E-state index in [0.29, 0.717) is 0 Å². The molecule has 0 spiro atoms. The van der Waals surface area contributed by atoms with Crippen LogP contribution in [-0.2, 0) is 0 Å². The lowest BCUT2D eigenvalue weighted by atomic mass is 10.4. The summed E-state index contributed by atoms with van der Waals surface area (Å²) in [5.41, 5.74) is 0.810. The van der Waals surface area contributed by atoms with E-state index in [9.17, 15) is 0 Å². The van der Waals surface area contributed by atoms with Crippen molar-refractivity contribution in [2.45, 2.75) is 6.92 Å². The number of hydrogen-bond acceptors (Lipinski definition) is 2. The van der Waals surface area contributed by atoms with Crippen molar-refractivity contribution < 1.29 is 0 Å². The Labute approximate surface area is 41.3 Å². The van der Waals surface area contributed by atoms with Crippen LogP contribution in [0.3, 0.4) is 0 Å². The Hall–Kier alpha value is -0.990. The van der Waals surface area contributed by atoms with Crippen molar-refractivity contribution in [3.63, 3.8) is 0 Å². The third-order valence-corrected chi connectivity index (χ3v) is 0.661. The van der Waals surface area contributed by atoms with Crippen LogP contribution in [0.2, 0.25) is 0 Å². The largest absolute Gasteiger partial charge is 0.281 e. The number of hydrogen-bond donors (Lipinski definition) is 1. The van der Waals surface area contributed by atoms with Crippen molar-refractivity contribution in [3.05, 3.63) is 11.8 Å². The molecule has 0 aromatic carbocycles. The first-order valence-corrected chi connectivity index (χ1v) is 1.97. The molecule has 1 aliphatic rings. The molecule has 3 nitrogen and oxygen atoms in total. The molecule has 0 aromatic heterocycles. The maximum atomic E-state index is 6.84. The van der Waals surface area contributed by atoms with Gasteiger partial charge in [-0.3, -0.25) is 5.41 Å². The van der Waals surface area contributed by atoms with E-state index in [1.165, 1.54) is 0 Å². The molecule has 36 valence electrons. The minimum Gasteiger partial charge on any atom is -0.281 e. The molecular weight excluding hydrogens is 90.1 g/mol. The lowest BCUT2D eigenvalue weighted by Gasteiger charge is -1.68. The van der Waals surface area contributed by atoms with E-state index in [1.54, 1.807) is 6.08 Å². The highest BCUT2D eigenvalue weighted by Crippen LogP contribution is 2.03. The minimum atomic E-state index is 0.248. The number of amidine groups is 1. The molecule has 0 aromatic rings. The van der Waals surface area contributed by atoms with E-state index in [1.807, 2.05) is 6.92 Å². The van der Waals surface area contributed by atoms with Crippen molar-refractivity contribution in [3.8, 4) is 0 Å². The Kier molecular flexibility index (Phi) is 0.749. The maximum absolute atomic E-state index is 6.84. The summed E-state index contributed by atoms with van der Waals surface area (Å²) in [5, 5.41) is 13.9. The molecule has 0 radical (unpaired) electrons. The van der Waals surface area contributed by atoms with Crippen molar-refractivity contribution in [1.82, 2.24) is 0 Å². The summed E-state index contributed by atoms with van der Waals surface area (Å²) in [5.74, 6) is 0.248. The minimum absolute atomic E-state index is 0.248. The van der Waals surface area contributed by atoms with Crippen LogP contribution in [0, 0.1) is 5.41 Å². The summed E-state index contributed by atoms with van der Waals surface area (Å²) in [6, 6.07) is 0. The molecule has 0 unspecified atom stereocenters. The molecule has 1 heterocycles. The van der Waals surface area contributed by atoms with Crippen LogP contribution in [0.15, 0.2) is 22.0 Å². The van der Waals surface area contributed by atoms with Crippen LogP contribution in [0.4, 0.5) is 0 Å². The highest BCUT2D eigenvalue weighted by molar-refractivity contribution is 5.92. The fourth-order valence-electron chi connectivity index (χ4n) is 0.388. The van der Waals surface area contributed by atoms with Crippen LogP contribution in [-0.4, -0.2) is 5.84 Å². The lowest BCUT2D eigenvalue weighted by Crippen LogP contribution is -1.73. The molecule has 0 atom stereocenters. The Morgan fingerprint density at radius 2 is 2.29 bits per heavy atom. The summed E-state index contributed by atoms with van der Waals surface area (Å²) in [4.78, 5) is 0. The summed E-state index contributed by atoms with van der Waals surface area (Å²) < 4.78 is 0. The monoisotopic (exact) mass is 95.0 g/mol. The second-order valence-corrected chi connectivity index (χ2v) is 1.37. The molecule has 3 heteroatoms. The van der Waals surface area contributed by atoms with Crippen LogP contribution in [0.25, 0.3) is 0 Å². The van der Waals surface area contributed by atoms with E-state index in [-0.39, 0.29) is 5.84 Å². The molecule has 0 fully saturated rings. The van der Waals surface area contributed by atoms with Gasteiger partial charge in [0.1, 0.15) is 0 Å². The zero-order chi connectivity index (χ0) is 5.28. The Bertz CT molecular complexity index is 154. The molecule has 0 aliphatic carbocycles. The smallest absolute Gasteiger partial charge is 0.168 e. The molecule has 1 rings (SSSR count). The predicted molar refractivity (Wildman–Crippen MR) is 26.3 cm³/mol. The number of rotatable bonds is 0. The Morgan fingerprint density at radius 3 is 2.43 bits per heavy atom. The highest BCUT2D eigenvalue weighted by Gasteiger charge is 1.96. The average Bonchev–Trinajstić information content (AvgIpc) is 1.87. The molecule has 1 aliphatic heterocycles. The SMILES string of the molecule is CC1=CC(=N)N=N1. The fraction of sp³-hybridized carbons (Fsp3) is 0.250. The zero-order valence-corrected chi connectivity index (χ0v) is 3.97. The first-order chi connectivity index (χ1) is 3.29. The second-order valence-electron chi connectivity index (χ2n) is 1.37. The van der Waals surface area contributed by atoms with Gasteiger partial charge in [0.25, 0.3) is 0 Å². The van der Waals surface area contributed by atoms with Gasteiger partial charge in [-0.15, -0.1) is 5.11 Å². The maximum Gasteiger partial charge on any atom is 0.168 e. The quantitative estimate of drug-likeness (QED) is 0.472. The van der Waals surface area contributed by atoms with E-state index in [0.717, 1.165) is 5.70 Å². The highest BCUT2D eigenvalue weighted by atomic mass is 15.2. The summed E-state index contributed by atoms with van der Waals surface area (Å²) in [6.07, 6.45) is 1.61. The third-order valence-electron chi connectivity index (χ3n) is 0.661. The molecule has 0 saturated carbocycles. The van der Waals surface area contributed by atoms with Gasteiger partial charge in [-0.1, -0.05) is 0 Å². The zero-order valence-electron chi connectivity index (χ0n) is 3.97. The third kappa shape index (κ3) is 0.707. The van der Waals surface area contributed by atoms with Crippen molar-refractivity contribution in [2.24, 2.45) is 10.2 Å². The van der Waals surface area contributed by atoms with E-state index < -0.39 is 0 Å². The lowest BCUT2D eigenvalue weighted by molar-refractivity contribution is 1.20. The molecule has 1 N–H and O–H groups in total. The normalized spacial score (nSPS) is 17.9. The molecular formula is C4H5N3. The van der Waals surface area contributed by atoms with Crippen LogP contribution < -0.4 is 0 Å². The van der Waals surface area contributed by atoms with Crippen LogP contribution >= 0.6 is 0 Å². The van der Waals surface area contributed by atoms with Gasteiger partial charge in [0.05, 0.1) is 5.70 Å². The van der Waals surface area contributed by atoms with E-state index >= 15 is 0 Å². The fourth-order valence-corrected chi connectivity index (χ4v) is 0.388. The van der Waals surface area contributed by atoms with Gasteiger partial charge in [0, 0.05) is 6.08 Å². The van der Waals surface area contributed by atoms with Gasteiger partial charge in [0.15, 0.2) is 5.84 Å². The van der Waals surface area contributed by atoms with E-state index in [4.69, 9.17) is 5.41 Å².